The summed E-state index contributed by atoms with van der Waals surface area (Å²) in [6.07, 6.45) is 5.14. The summed E-state index contributed by atoms with van der Waals surface area (Å²) >= 11 is 0. The van der Waals surface area contributed by atoms with Crippen molar-refractivity contribution >= 4 is 11.8 Å². The Morgan fingerprint density at radius 1 is 1.00 bits per heavy atom. The quantitative estimate of drug-likeness (QED) is 0.746. The maximum absolute atomic E-state index is 13.1. The average molecular weight is 392 g/mol. The number of benzene rings is 1. The number of ether oxygens (including phenoxy) is 1. The molecule has 4 rings (SSSR count). The molecular formula is C22H24N4O3. The van der Waals surface area contributed by atoms with Crippen molar-refractivity contribution in [2.24, 2.45) is 0 Å². The first-order valence-corrected chi connectivity index (χ1v) is 9.91. The average Bonchev–Trinajstić information content (AvgIpc) is 3.19. The Labute approximate surface area is 170 Å². The maximum Gasteiger partial charge on any atom is 0.273 e. The third-order valence-electron chi connectivity index (χ3n) is 5.39. The molecule has 1 aromatic carbocycles. The Hall–Kier alpha value is -3.27. The van der Waals surface area contributed by atoms with Crippen LogP contribution in [0.25, 0.3) is 5.69 Å². The number of hydrogen-bond donors (Lipinski definition) is 0. The zero-order chi connectivity index (χ0) is 20.2. The minimum absolute atomic E-state index is 0.0667. The lowest BCUT2D eigenvalue weighted by Gasteiger charge is -2.26. The zero-order valence-electron chi connectivity index (χ0n) is 16.6. The highest BCUT2D eigenvalue weighted by Gasteiger charge is 2.28. The van der Waals surface area contributed by atoms with Crippen LogP contribution in [0.3, 0.4) is 0 Å². The number of aromatic nitrogens is 2. The number of carbonyl (C=O) groups is 2. The lowest BCUT2D eigenvalue weighted by atomic mass is 10.1. The van der Waals surface area contributed by atoms with E-state index in [9.17, 15) is 9.59 Å². The smallest absolute Gasteiger partial charge is 0.273 e. The first-order chi connectivity index (χ1) is 14.2. The summed E-state index contributed by atoms with van der Waals surface area (Å²) in [5.41, 5.74) is 2.36. The normalized spacial score (nSPS) is 16.3. The van der Waals surface area contributed by atoms with Gasteiger partial charge in [-0.1, -0.05) is 11.8 Å². The molecule has 0 unspecified atom stereocenters. The summed E-state index contributed by atoms with van der Waals surface area (Å²) in [7, 11) is 1.62. The number of likely N-dealkylation sites (tertiary alicyclic amines) is 1. The summed E-state index contributed by atoms with van der Waals surface area (Å²) in [6.45, 7) is 2.20. The predicted molar refractivity (Wildman–Crippen MR) is 108 cm³/mol. The summed E-state index contributed by atoms with van der Waals surface area (Å²) in [5, 5.41) is 4.42. The summed E-state index contributed by atoms with van der Waals surface area (Å²) in [6, 6.07) is 7.46. The van der Waals surface area contributed by atoms with Crippen LogP contribution < -0.4 is 4.74 Å². The molecule has 3 heterocycles. The van der Waals surface area contributed by atoms with Gasteiger partial charge in [0.25, 0.3) is 5.91 Å². The second-order valence-electron chi connectivity index (χ2n) is 7.23. The lowest BCUT2D eigenvalue weighted by Crippen LogP contribution is -2.39. The molecule has 0 atom stereocenters. The molecular weight excluding hydrogens is 368 g/mol. The van der Waals surface area contributed by atoms with Crippen molar-refractivity contribution in [2.75, 3.05) is 33.3 Å². The number of nitrogens with zero attached hydrogens (tertiary/aromatic N) is 4. The maximum atomic E-state index is 13.1. The largest absolute Gasteiger partial charge is 0.497 e. The van der Waals surface area contributed by atoms with Crippen LogP contribution in [0.4, 0.5) is 0 Å². The molecule has 0 spiro atoms. The molecule has 29 heavy (non-hydrogen) atoms. The number of methoxy groups -OCH3 is 1. The van der Waals surface area contributed by atoms with E-state index < -0.39 is 0 Å². The zero-order valence-corrected chi connectivity index (χ0v) is 16.6. The van der Waals surface area contributed by atoms with Gasteiger partial charge in [-0.25, -0.2) is 4.68 Å². The summed E-state index contributed by atoms with van der Waals surface area (Å²) < 4.78 is 6.88. The van der Waals surface area contributed by atoms with Crippen LogP contribution in [0.5, 0.6) is 5.75 Å². The van der Waals surface area contributed by atoms with Crippen LogP contribution in [0, 0.1) is 11.8 Å². The standard InChI is InChI=1S/C22H24N4O3/c1-29-19-9-7-18(8-10-19)26-21-17(16-23-26)11-15-25(22(21)28)14-5-4-13-24-12-3-2-6-20(24)27/h7-10,16H,2-3,6,11-15H2,1H3. The molecule has 7 nitrogen and oxygen atoms in total. The SMILES string of the molecule is COc1ccc(-n2ncc3c2C(=O)N(CC#CCN2CCCCC2=O)CC3)cc1. The van der Waals surface area contributed by atoms with Crippen LogP contribution in [-0.2, 0) is 11.2 Å². The van der Waals surface area contributed by atoms with E-state index in [1.165, 1.54) is 0 Å². The van der Waals surface area contributed by atoms with E-state index in [4.69, 9.17) is 4.74 Å². The number of carbonyl (C=O) groups excluding carboxylic acids is 2. The van der Waals surface area contributed by atoms with E-state index in [0.29, 0.717) is 31.7 Å². The van der Waals surface area contributed by atoms with E-state index in [0.717, 1.165) is 42.8 Å². The fraction of sp³-hybridized carbons (Fsp3) is 0.409. The van der Waals surface area contributed by atoms with Gasteiger partial charge in [-0.3, -0.25) is 9.59 Å². The van der Waals surface area contributed by atoms with Crippen LogP contribution in [0.1, 0.15) is 35.3 Å². The minimum Gasteiger partial charge on any atom is -0.497 e. The number of piperidine rings is 1. The molecule has 1 saturated heterocycles. The van der Waals surface area contributed by atoms with Gasteiger partial charge in [0, 0.05) is 25.1 Å². The van der Waals surface area contributed by atoms with Gasteiger partial charge >= 0.3 is 0 Å². The van der Waals surface area contributed by atoms with Crippen LogP contribution in [-0.4, -0.2) is 64.7 Å². The predicted octanol–water partition coefficient (Wildman–Crippen LogP) is 1.90. The van der Waals surface area contributed by atoms with Crippen LogP contribution in [0.2, 0.25) is 0 Å². The van der Waals surface area contributed by atoms with Crippen molar-refractivity contribution in [2.45, 2.75) is 25.7 Å². The number of rotatable bonds is 4. The molecule has 2 amide bonds. The fourth-order valence-corrected chi connectivity index (χ4v) is 3.70. The van der Waals surface area contributed by atoms with Crippen molar-refractivity contribution in [1.82, 2.24) is 19.6 Å². The topological polar surface area (TPSA) is 67.7 Å². The van der Waals surface area contributed by atoms with E-state index in [1.807, 2.05) is 24.3 Å². The Kier molecular flexibility index (Phi) is 5.52. The van der Waals surface area contributed by atoms with Gasteiger partial charge < -0.3 is 14.5 Å². The Morgan fingerprint density at radius 2 is 1.76 bits per heavy atom. The molecule has 0 radical (unpaired) electrons. The first-order valence-electron chi connectivity index (χ1n) is 9.91. The van der Waals surface area contributed by atoms with E-state index in [-0.39, 0.29) is 11.8 Å². The molecule has 2 aromatic rings. The van der Waals surface area contributed by atoms with E-state index in [2.05, 4.69) is 16.9 Å². The third kappa shape index (κ3) is 3.97. The second-order valence-corrected chi connectivity index (χ2v) is 7.23. The van der Waals surface area contributed by atoms with E-state index >= 15 is 0 Å². The van der Waals surface area contributed by atoms with Crippen molar-refractivity contribution in [3.05, 3.63) is 41.7 Å². The number of fused-ring (bicyclic) bond motifs is 1. The van der Waals surface area contributed by atoms with Crippen molar-refractivity contribution in [3.8, 4) is 23.3 Å². The molecule has 0 saturated carbocycles. The molecule has 0 N–H and O–H groups in total. The highest BCUT2D eigenvalue weighted by molar-refractivity contribution is 5.95. The van der Waals surface area contributed by atoms with Crippen molar-refractivity contribution in [1.29, 1.82) is 0 Å². The Bertz CT molecular complexity index is 968. The number of amides is 2. The second kappa shape index (κ2) is 8.39. The van der Waals surface area contributed by atoms with Gasteiger partial charge in [-0.15, -0.1) is 0 Å². The monoisotopic (exact) mass is 392 g/mol. The van der Waals surface area contributed by atoms with Crippen molar-refractivity contribution in [3.63, 3.8) is 0 Å². The van der Waals surface area contributed by atoms with Gasteiger partial charge in [0.15, 0.2) is 0 Å². The number of hydrogen-bond acceptors (Lipinski definition) is 4. The lowest BCUT2D eigenvalue weighted by molar-refractivity contribution is -0.132. The van der Waals surface area contributed by atoms with Crippen LogP contribution >= 0.6 is 0 Å². The molecule has 2 aliphatic heterocycles. The van der Waals surface area contributed by atoms with E-state index in [1.54, 1.807) is 27.8 Å². The van der Waals surface area contributed by atoms with Gasteiger partial charge in [0.1, 0.15) is 11.4 Å². The molecule has 7 heteroatoms. The highest BCUT2D eigenvalue weighted by Crippen LogP contribution is 2.23. The van der Waals surface area contributed by atoms with Crippen LogP contribution in [0.15, 0.2) is 30.5 Å². The summed E-state index contributed by atoms with van der Waals surface area (Å²) in [4.78, 5) is 28.4. The molecule has 2 aliphatic rings. The Balaban J connectivity index is 1.45. The van der Waals surface area contributed by atoms with Gasteiger partial charge in [-0.2, -0.15) is 5.10 Å². The molecule has 0 bridgehead atoms. The molecule has 150 valence electrons. The fourth-order valence-electron chi connectivity index (χ4n) is 3.70. The minimum atomic E-state index is -0.0667. The van der Waals surface area contributed by atoms with Gasteiger partial charge in [0.2, 0.25) is 5.91 Å². The Morgan fingerprint density at radius 3 is 2.48 bits per heavy atom. The highest BCUT2D eigenvalue weighted by atomic mass is 16.5. The van der Waals surface area contributed by atoms with Gasteiger partial charge in [0.05, 0.1) is 32.1 Å². The third-order valence-corrected chi connectivity index (χ3v) is 5.39. The molecule has 1 aromatic heterocycles. The molecule has 1 fully saturated rings. The summed E-state index contributed by atoms with van der Waals surface area (Å²) in [5.74, 6) is 6.98. The first kappa shape index (κ1) is 19.1. The molecule has 0 aliphatic carbocycles. The van der Waals surface area contributed by atoms with Gasteiger partial charge in [-0.05, 0) is 43.5 Å². The van der Waals surface area contributed by atoms with Crippen molar-refractivity contribution < 1.29 is 14.3 Å².